The third-order valence-corrected chi connectivity index (χ3v) is 4.65. The highest BCUT2D eigenvalue weighted by molar-refractivity contribution is 5.43. The van der Waals surface area contributed by atoms with Crippen LogP contribution in [0.15, 0.2) is 48.5 Å². The Hall–Kier alpha value is -2.04. The van der Waals surface area contributed by atoms with Crippen LogP contribution >= 0.6 is 0 Å². The smallest absolute Gasteiger partial charge is 0.161 e. The van der Waals surface area contributed by atoms with E-state index in [4.69, 9.17) is 9.47 Å². The maximum Gasteiger partial charge on any atom is 0.161 e. The summed E-state index contributed by atoms with van der Waals surface area (Å²) in [6.45, 7) is 3.58. The molecule has 0 amide bonds. The number of hydrogen-bond donors (Lipinski definition) is 1. The van der Waals surface area contributed by atoms with Gasteiger partial charge >= 0.3 is 0 Å². The first-order chi connectivity index (χ1) is 11.2. The molecule has 4 nitrogen and oxygen atoms in total. The van der Waals surface area contributed by atoms with Crippen LogP contribution in [0, 0.1) is 0 Å². The number of likely N-dealkylation sites (tertiary alicyclic amines) is 1. The highest BCUT2D eigenvalue weighted by Crippen LogP contribution is 2.34. The number of β-amino-alcohol motifs (C(OH)–C–C–N with tert-alkyl or cyclic N) is 1. The zero-order chi connectivity index (χ0) is 15.7. The molecule has 4 heteroatoms. The maximum atomic E-state index is 10.9. The van der Waals surface area contributed by atoms with E-state index in [1.807, 2.05) is 42.5 Å². The molecule has 2 aromatic carbocycles. The second-order valence-corrected chi connectivity index (χ2v) is 6.34. The van der Waals surface area contributed by atoms with Crippen molar-refractivity contribution in [1.82, 2.24) is 4.90 Å². The van der Waals surface area contributed by atoms with Crippen molar-refractivity contribution < 1.29 is 14.6 Å². The Labute approximate surface area is 136 Å². The predicted molar refractivity (Wildman–Crippen MR) is 87.7 cm³/mol. The Balaban J connectivity index is 1.46. The van der Waals surface area contributed by atoms with Crippen LogP contribution in [0.5, 0.6) is 11.5 Å². The van der Waals surface area contributed by atoms with Crippen LogP contribution < -0.4 is 9.47 Å². The largest absolute Gasteiger partial charge is 0.486 e. The van der Waals surface area contributed by atoms with Crippen molar-refractivity contribution in [2.24, 2.45) is 0 Å². The molecule has 0 saturated carbocycles. The minimum atomic E-state index is -0.741. The highest BCUT2D eigenvalue weighted by atomic mass is 16.6. The van der Waals surface area contributed by atoms with Gasteiger partial charge in [0.2, 0.25) is 0 Å². The third-order valence-electron chi connectivity index (χ3n) is 4.65. The van der Waals surface area contributed by atoms with Gasteiger partial charge in [0.1, 0.15) is 18.8 Å². The van der Waals surface area contributed by atoms with Crippen molar-refractivity contribution in [3.8, 4) is 11.5 Å². The van der Waals surface area contributed by atoms with E-state index in [2.05, 4.69) is 11.0 Å². The van der Waals surface area contributed by atoms with Crippen LogP contribution in [-0.4, -0.2) is 36.3 Å². The molecule has 2 aliphatic heterocycles. The molecule has 2 heterocycles. The summed E-state index contributed by atoms with van der Waals surface area (Å²) in [4.78, 5) is 2.29. The molecule has 0 unspecified atom stereocenters. The SMILES string of the molecule is O[C@]1(c2ccccc2)CCN(Cc2ccc3c(c2)OCCO3)C1. The highest BCUT2D eigenvalue weighted by Gasteiger charge is 2.37. The number of fused-ring (bicyclic) bond motifs is 1. The Morgan fingerprint density at radius 3 is 2.61 bits per heavy atom. The van der Waals surface area contributed by atoms with Crippen molar-refractivity contribution >= 4 is 0 Å². The van der Waals surface area contributed by atoms with E-state index in [0.29, 0.717) is 19.8 Å². The quantitative estimate of drug-likeness (QED) is 0.946. The summed E-state index contributed by atoms with van der Waals surface area (Å²) >= 11 is 0. The molecule has 1 fully saturated rings. The van der Waals surface area contributed by atoms with Crippen molar-refractivity contribution in [2.75, 3.05) is 26.3 Å². The van der Waals surface area contributed by atoms with Crippen LogP contribution in [0.3, 0.4) is 0 Å². The molecule has 0 aliphatic carbocycles. The first-order valence-electron chi connectivity index (χ1n) is 8.12. The first kappa shape index (κ1) is 14.5. The van der Waals surface area contributed by atoms with E-state index in [-0.39, 0.29) is 0 Å². The average Bonchev–Trinajstić information content (AvgIpc) is 2.98. The van der Waals surface area contributed by atoms with Gasteiger partial charge < -0.3 is 14.6 Å². The number of aliphatic hydroxyl groups is 1. The Morgan fingerprint density at radius 2 is 1.78 bits per heavy atom. The second kappa shape index (κ2) is 5.87. The van der Waals surface area contributed by atoms with Gasteiger partial charge in [-0.15, -0.1) is 0 Å². The molecule has 2 aliphatic rings. The molecule has 0 aromatic heterocycles. The lowest BCUT2D eigenvalue weighted by molar-refractivity contribution is 0.0453. The molecule has 1 atom stereocenters. The van der Waals surface area contributed by atoms with Crippen LogP contribution in [-0.2, 0) is 12.1 Å². The van der Waals surface area contributed by atoms with E-state index < -0.39 is 5.60 Å². The van der Waals surface area contributed by atoms with Crippen LogP contribution in [0.25, 0.3) is 0 Å². The number of benzene rings is 2. The summed E-state index contributed by atoms with van der Waals surface area (Å²) in [5.41, 5.74) is 1.45. The Morgan fingerprint density at radius 1 is 1.00 bits per heavy atom. The lowest BCUT2D eigenvalue weighted by Crippen LogP contribution is -2.30. The summed E-state index contributed by atoms with van der Waals surface area (Å²) in [6.07, 6.45) is 0.765. The number of hydrogen-bond acceptors (Lipinski definition) is 4. The minimum absolute atomic E-state index is 0.605. The number of ether oxygens (including phenoxy) is 2. The van der Waals surface area contributed by atoms with E-state index >= 15 is 0 Å². The van der Waals surface area contributed by atoms with Crippen LogP contribution in [0.2, 0.25) is 0 Å². The summed E-state index contributed by atoms with van der Waals surface area (Å²) in [6, 6.07) is 16.1. The van der Waals surface area contributed by atoms with E-state index in [1.165, 1.54) is 5.56 Å². The molecule has 1 saturated heterocycles. The topological polar surface area (TPSA) is 41.9 Å². The van der Waals surface area contributed by atoms with E-state index in [0.717, 1.165) is 36.6 Å². The lowest BCUT2D eigenvalue weighted by Gasteiger charge is -2.24. The molecule has 4 rings (SSSR count). The number of rotatable bonds is 3. The van der Waals surface area contributed by atoms with Gasteiger partial charge in [0.15, 0.2) is 11.5 Å². The van der Waals surface area contributed by atoms with Gasteiger partial charge in [-0.25, -0.2) is 0 Å². The van der Waals surface area contributed by atoms with Gasteiger partial charge in [-0.05, 0) is 29.7 Å². The fraction of sp³-hybridized carbons (Fsp3) is 0.368. The van der Waals surface area contributed by atoms with Crippen molar-refractivity contribution in [3.05, 3.63) is 59.7 Å². The molecular formula is C19H21NO3. The van der Waals surface area contributed by atoms with Crippen LogP contribution in [0.1, 0.15) is 17.5 Å². The zero-order valence-corrected chi connectivity index (χ0v) is 13.1. The fourth-order valence-electron chi connectivity index (χ4n) is 3.43. The molecule has 23 heavy (non-hydrogen) atoms. The van der Waals surface area contributed by atoms with Gasteiger partial charge in [0.25, 0.3) is 0 Å². The summed E-state index contributed by atoms with van der Waals surface area (Å²) in [5, 5.41) is 10.9. The Kier molecular flexibility index (Phi) is 3.71. The van der Waals surface area contributed by atoms with Crippen molar-refractivity contribution in [3.63, 3.8) is 0 Å². The van der Waals surface area contributed by atoms with E-state index in [1.54, 1.807) is 0 Å². The summed E-state index contributed by atoms with van der Waals surface area (Å²) in [5.74, 6) is 1.65. The zero-order valence-electron chi connectivity index (χ0n) is 13.1. The Bertz CT molecular complexity index is 688. The lowest BCUT2D eigenvalue weighted by atomic mass is 9.93. The predicted octanol–water partition coefficient (Wildman–Crippen LogP) is 2.55. The van der Waals surface area contributed by atoms with Crippen LogP contribution in [0.4, 0.5) is 0 Å². The molecular weight excluding hydrogens is 290 g/mol. The van der Waals surface area contributed by atoms with Gasteiger partial charge in [-0.3, -0.25) is 4.90 Å². The maximum absolute atomic E-state index is 10.9. The monoisotopic (exact) mass is 311 g/mol. The molecule has 1 N–H and O–H groups in total. The number of nitrogens with zero attached hydrogens (tertiary/aromatic N) is 1. The fourth-order valence-corrected chi connectivity index (χ4v) is 3.43. The van der Waals surface area contributed by atoms with Gasteiger partial charge in [0, 0.05) is 19.6 Å². The molecule has 0 bridgehead atoms. The molecule has 2 aromatic rings. The molecule has 0 spiro atoms. The van der Waals surface area contributed by atoms with E-state index in [9.17, 15) is 5.11 Å². The normalized spacial score (nSPS) is 23.9. The van der Waals surface area contributed by atoms with Crippen molar-refractivity contribution in [2.45, 2.75) is 18.6 Å². The van der Waals surface area contributed by atoms with Gasteiger partial charge in [-0.2, -0.15) is 0 Å². The van der Waals surface area contributed by atoms with Gasteiger partial charge in [-0.1, -0.05) is 36.4 Å². The van der Waals surface area contributed by atoms with Crippen molar-refractivity contribution in [1.29, 1.82) is 0 Å². The summed E-state index contributed by atoms with van der Waals surface area (Å²) < 4.78 is 11.2. The minimum Gasteiger partial charge on any atom is -0.486 e. The molecule has 0 radical (unpaired) electrons. The second-order valence-electron chi connectivity index (χ2n) is 6.34. The summed E-state index contributed by atoms with van der Waals surface area (Å²) in [7, 11) is 0. The van der Waals surface area contributed by atoms with Gasteiger partial charge in [0.05, 0.1) is 0 Å². The molecule has 120 valence electrons. The third kappa shape index (κ3) is 2.92. The standard InChI is InChI=1S/C19H21NO3/c21-19(16-4-2-1-3-5-16)8-9-20(14-19)13-15-6-7-17-18(12-15)23-11-10-22-17/h1-7,12,21H,8-11,13-14H2/t19-/m1/s1. The first-order valence-corrected chi connectivity index (χ1v) is 8.12. The average molecular weight is 311 g/mol.